The number of H-pyrrole nitrogens is 1. The zero-order valence-corrected chi connectivity index (χ0v) is 17.2. The first kappa shape index (κ1) is 19.9. The Morgan fingerprint density at radius 3 is 2.55 bits per heavy atom. The molecule has 9 heteroatoms. The summed E-state index contributed by atoms with van der Waals surface area (Å²) in [6, 6.07) is 5.68. The van der Waals surface area contributed by atoms with Crippen molar-refractivity contribution in [2.75, 3.05) is 37.3 Å². The predicted molar refractivity (Wildman–Crippen MR) is 113 cm³/mol. The van der Waals surface area contributed by atoms with Crippen LogP contribution in [0.25, 0.3) is 16.5 Å². The molecule has 0 bridgehead atoms. The van der Waals surface area contributed by atoms with E-state index in [1.807, 2.05) is 18.2 Å². The van der Waals surface area contributed by atoms with Gasteiger partial charge in [-0.15, -0.1) is 0 Å². The molecule has 2 aliphatic rings. The summed E-state index contributed by atoms with van der Waals surface area (Å²) < 4.78 is 24.9. The highest BCUT2D eigenvalue weighted by atomic mass is 32.2. The fourth-order valence-corrected chi connectivity index (χ4v) is 4.93. The normalized spacial score (nSPS) is 19.5. The van der Waals surface area contributed by atoms with Crippen molar-refractivity contribution in [1.29, 1.82) is 0 Å². The van der Waals surface area contributed by atoms with Gasteiger partial charge < -0.3 is 20.7 Å². The average Bonchev–Trinajstić information content (AvgIpc) is 3.12. The summed E-state index contributed by atoms with van der Waals surface area (Å²) in [5.74, 6) is -0.495. The smallest absolute Gasteiger partial charge is 0.250 e. The van der Waals surface area contributed by atoms with Crippen molar-refractivity contribution in [3.05, 3.63) is 35.5 Å². The van der Waals surface area contributed by atoms with Gasteiger partial charge in [0, 0.05) is 42.9 Å². The molecule has 0 saturated carbocycles. The van der Waals surface area contributed by atoms with Gasteiger partial charge in [0.25, 0.3) is 5.91 Å². The van der Waals surface area contributed by atoms with E-state index in [0.29, 0.717) is 43.4 Å². The molecule has 156 valence electrons. The van der Waals surface area contributed by atoms with Crippen LogP contribution in [-0.4, -0.2) is 67.3 Å². The number of aliphatic hydroxyl groups is 1. The number of aromatic amines is 1. The number of hydrogen-bond acceptors (Lipinski definition) is 5. The van der Waals surface area contributed by atoms with Crippen molar-refractivity contribution in [2.45, 2.75) is 25.4 Å². The van der Waals surface area contributed by atoms with Crippen molar-refractivity contribution in [2.24, 2.45) is 5.73 Å². The highest BCUT2D eigenvalue weighted by Crippen LogP contribution is 2.35. The lowest BCUT2D eigenvalue weighted by Gasteiger charge is -2.32. The molecule has 0 aliphatic carbocycles. The number of nitrogens with zero attached hydrogens (tertiary/aromatic N) is 2. The third-order valence-electron chi connectivity index (χ3n) is 5.83. The molecule has 3 heterocycles. The number of anilines is 1. The lowest BCUT2D eigenvalue weighted by atomic mass is 10.0. The summed E-state index contributed by atoms with van der Waals surface area (Å²) in [4.78, 5) is 17.5. The minimum Gasteiger partial charge on any atom is -0.393 e. The van der Waals surface area contributed by atoms with Crippen LogP contribution < -0.4 is 10.6 Å². The first-order valence-electron chi connectivity index (χ1n) is 9.77. The number of piperidine rings is 1. The van der Waals surface area contributed by atoms with Gasteiger partial charge >= 0.3 is 0 Å². The largest absolute Gasteiger partial charge is 0.393 e. The number of nitrogens with one attached hydrogen (secondary N) is 1. The number of aromatic nitrogens is 1. The van der Waals surface area contributed by atoms with Crippen LogP contribution in [0.5, 0.6) is 0 Å². The molecule has 1 amide bonds. The fraction of sp³-hybridized carbons (Fsp3) is 0.450. The Bertz CT molecular complexity index is 1080. The quantitative estimate of drug-likeness (QED) is 0.691. The second-order valence-corrected chi connectivity index (χ2v) is 9.77. The molecule has 0 radical (unpaired) electrons. The minimum absolute atomic E-state index is 0.265. The second kappa shape index (κ2) is 7.47. The number of carbonyl (C=O) groups is 1. The standard InChI is InChI=1S/C20H26N4O4S/c1-29(27,28)24-10-4-13(5-11-24)17-12-16-18(23-8-6-14(25)7-9-23)3-2-15(20(21)26)19(16)22-17/h2-4,12,14,22,25H,5-11H2,1H3,(H2,21,26). The monoisotopic (exact) mass is 418 g/mol. The number of carbonyl (C=O) groups excluding carboxylic acids is 1. The van der Waals surface area contributed by atoms with Gasteiger partial charge in [-0.2, -0.15) is 4.31 Å². The van der Waals surface area contributed by atoms with Crippen LogP contribution in [0.15, 0.2) is 24.3 Å². The van der Waals surface area contributed by atoms with E-state index in [0.717, 1.165) is 35.4 Å². The Morgan fingerprint density at radius 1 is 1.24 bits per heavy atom. The Hall–Kier alpha value is -2.36. The Kier molecular flexibility index (Phi) is 5.14. The van der Waals surface area contributed by atoms with Crippen LogP contribution >= 0.6 is 0 Å². The molecule has 0 spiro atoms. The Labute approximate surface area is 170 Å². The van der Waals surface area contributed by atoms with Gasteiger partial charge in [-0.25, -0.2) is 8.42 Å². The van der Waals surface area contributed by atoms with Gasteiger partial charge in [-0.1, -0.05) is 6.08 Å². The molecule has 2 aromatic rings. The van der Waals surface area contributed by atoms with Crippen molar-refractivity contribution in [3.63, 3.8) is 0 Å². The van der Waals surface area contributed by atoms with E-state index in [4.69, 9.17) is 5.73 Å². The van der Waals surface area contributed by atoms with Gasteiger partial charge in [-0.05, 0) is 43.0 Å². The molecule has 1 saturated heterocycles. The van der Waals surface area contributed by atoms with Crippen LogP contribution in [0.1, 0.15) is 35.3 Å². The molecule has 29 heavy (non-hydrogen) atoms. The molecule has 1 fully saturated rings. The van der Waals surface area contributed by atoms with Gasteiger partial charge in [-0.3, -0.25) is 4.79 Å². The summed E-state index contributed by atoms with van der Waals surface area (Å²) in [6.45, 7) is 2.26. The zero-order chi connectivity index (χ0) is 20.8. The first-order valence-corrected chi connectivity index (χ1v) is 11.6. The number of primary amides is 1. The predicted octanol–water partition coefficient (Wildman–Crippen LogP) is 1.28. The molecular formula is C20H26N4O4S. The van der Waals surface area contributed by atoms with Crippen LogP contribution in [0.4, 0.5) is 5.69 Å². The van der Waals surface area contributed by atoms with Gasteiger partial charge in [0.2, 0.25) is 10.0 Å². The maximum absolute atomic E-state index is 12.0. The lowest BCUT2D eigenvalue weighted by Crippen LogP contribution is -2.35. The number of sulfonamides is 1. The number of aliphatic hydroxyl groups excluding tert-OH is 1. The van der Waals surface area contributed by atoms with E-state index in [-0.39, 0.29) is 6.10 Å². The van der Waals surface area contributed by atoms with Gasteiger partial charge in [0.15, 0.2) is 0 Å². The molecule has 2 aliphatic heterocycles. The zero-order valence-electron chi connectivity index (χ0n) is 16.4. The van der Waals surface area contributed by atoms with Crippen molar-refractivity contribution in [3.8, 4) is 0 Å². The molecule has 0 unspecified atom stereocenters. The summed E-state index contributed by atoms with van der Waals surface area (Å²) in [6.07, 6.45) is 4.88. The SMILES string of the molecule is CS(=O)(=O)N1CC=C(c2cc3c(N4CCC(O)CC4)ccc(C(N)=O)c3[nH]2)CC1. The molecule has 4 N–H and O–H groups in total. The molecular weight excluding hydrogens is 392 g/mol. The fourth-order valence-electron chi connectivity index (χ4n) is 4.16. The van der Waals surface area contributed by atoms with Crippen LogP contribution in [0, 0.1) is 0 Å². The topological polar surface area (TPSA) is 120 Å². The van der Waals surface area contributed by atoms with E-state index >= 15 is 0 Å². The molecule has 8 nitrogen and oxygen atoms in total. The molecule has 1 aromatic heterocycles. The number of benzene rings is 1. The first-order chi connectivity index (χ1) is 13.7. The number of fused-ring (bicyclic) bond motifs is 1. The van der Waals surface area contributed by atoms with Crippen molar-refractivity contribution < 1.29 is 18.3 Å². The van der Waals surface area contributed by atoms with Crippen LogP contribution in [0.2, 0.25) is 0 Å². The van der Waals surface area contributed by atoms with Crippen molar-refractivity contribution in [1.82, 2.24) is 9.29 Å². The minimum atomic E-state index is -3.21. The maximum Gasteiger partial charge on any atom is 0.250 e. The second-order valence-electron chi connectivity index (χ2n) is 7.79. The van der Waals surface area contributed by atoms with Crippen LogP contribution in [-0.2, 0) is 10.0 Å². The van der Waals surface area contributed by atoms with E-state index in [2.05, 4.69) is 9.88 Å². The van der Waals surface area contributed by atoms with E-state index in [1.54, 1.807) is 6.07 Å². The number of hydrogen-bond donors (Lipinski definition) is 3. The number of amides is 1. The van der Waals surface area contributed by atoms with Crippen molar-refractivity contribution >= 4 is 38.1 Å². The molecule has 4 rings (SSSR count). The lowest BCUT2D eigenvalue weighted by molar-refractivity contribution is 0.100. The van der Waals surface area contributed by atoms with E-state index in [1.165, 1.54) is 10.6 Å². The summed E-state index contributed by atoms with van der Waals surface area (Å²) >= 11 is 0. The van der Waals surface area contributed by atoms with Gasteiger partial charge in [0.05, 0.1) is 23.4 Å². The number of nitrogens with two attached hydrogens (primary N) is 1. The van der Waals surface area contributed by atoms with E-state index in [9.17, 15) is 18.3 Å². The highest BCUT2D eigenvalue weighted by molar-refractivity contribution is 7.88. The third kappa shape index (κ3) is 3.90. The van der Waals surface area contributed by atoms with E-state index < -0.39 is 15.9 Å². The Morgan fingerprint density at radius 2 is 1.97 bits per heavy atom. The summed E-state index contributed by atoms with van der Waals surface area (Å²) in [7, 11) is -3.21. The summed E-state index contributed by atoms with van der Waals surface area (Å²) in [5.41, 5.74) is 9.62. The summed E-state index contributed by atoms with van der Waals surface area (Å²) in [5, 5.41) is 10.7. The third-order valence-corrected chi connectivity index (χ3v) is 7.10. The highest BCUT2D eigenvalue weighted by Gasteiger charge is 2.24. The molecule has 1 aromatic carbocycles. The Balaban J connectivity index is 1.74. The van der Waals surface area contributed by atoms with Crippen LogP contribution in [0.3, 0.4) is 0 Å². The molecule has 0 atom stereocenters. The maximum atomic E-state index is 12.0. The number of rotatable bonds is 4. The average molecular weight is 419 g/mol. The van der Waals surface area contributed by atoms with Gasteiger partial charge in [0.1, 0.15) is 0 Å².